The number of nitro benzene ring substituents is 1. The molecule has 0 fully saturated rings. The minimum atomic E-state index is -0.959. The van der Waals surface area contributed by atoms with Gasteiger partial charge < -0.3 is 9.84 Å². The number of aliphatic hydroxyl groups excluding tert-OH is 1. The molecule has 21 heavy (non-hydrogen) atoms. The molecule has 1 N–H and O–H groups in total. The Morgan fingerprint density at radius 1 is 1.24 bits per heavy atom. The number of nitrogens with zero attached hydrogens (tertiary/aromatic N) is 1. The molecule has 0 aromatic heterocycles. The Balaban J connectivity index is 2.47. The van der Waals surface area contributed by atoms with Crippen LogP contribution in [-0.2, 0) is 0 Å². The SMILES string of the molecule is Cc1ccc([N+](=O)[O-])c(Oc2ccc(F)cc2[C@H](C)O)c1. The van der Waals surface area contributed by atoms with E-state index in [0.717, 1.165) is 11.6 Å². The first-order valence-corrected chi connectivity index (χ1v) is 6.29. The molecule has 0 heterocycles. The highest BCUT2D eigenvalue weighted by atomic mass is 19.1. The lowest BCUT2D eigenvalue weighted by Crippen LogP contribution is -1.99. The van der Waals surface area contributed by atoms with Gasteiger partial charge in [0.2, 0.25) is 5.75 Å². The van der Waals surface area contributed by atoms with Crippen molar-refractivity contribution < 1.29 is 19.2 Å². The molecule has 2 aromatic carbocycles. The summed E-state index contributed by atoms with van der Waals surface area (Å²) in [7, 11) is 0. The summed E-state index contributed by atoms with van der Waals surface area (Å²) < 4.78 is 18.8. The molecule has 5 nitrogen and oxygen atoms in total. The van der Waals surface area contributed by atoms with Crippen LogP contribution < -0.4 is 4.74 Å². The van der Waals surface area contributed by atoms with Gasteiger partial charge in [0.15, 0.2) is 0 Å². The zero-order valence-electron chi connectivity index (χ0n) is 11.5. The van der Waals surface area contributed by atoms with Crippen molar-refractivity contribution in [3.05, 3.63) is 63.5 Å². The molecule has 0 saturated carbocycles. The van der Waals surface area contributed by atoms with Crippen molar-refractivity contribution in [2.24, 2.45) is 0 Å². The summed E-state index contributed by atoms with van der Waals surface area (Å²) in [6, 6.07) is 8.11. The Morgan fingerprint density at radius 3 is 2.57 bits per heavy atom. The van der Waals surface area contributed by atoms with Crippen molar-refractivity contribution in [2.75, 3.05) is 0 Å². The molecule has 110 valence electrons. The van der Waals surface area contributed by atoms with E-state index >= 15 is 0 Å². The highest BCUT2D eigenvalue weighted by molar-refractivity contribution is 5.51. The molecule has 6 heteroatoms. The Hall–Kier alpha value is -2.47. The molecule has 0 radical (unpaired) electrons. The monoisotopic (exact) mass is 291 g/mol. The average Bonchev–Trinajstić information content (AvgIpc) is 2.40. The predicted octanol–water partition coefficient (Wildman–Crippen LogP) is 3.89. The third kappa shape index (κ3) is 3.35. The highest BCUT2D eigenvalue weighted by Crippen LogP contribution is 2.35. The smallest absolute Gasteiger partial charge is 0.311 e. The summed E-state index contributed by atoms with van der Waals surface area (Å²) in [4.78, 5) is 10.5. The highest BCUT2D eigenvalue weighted by Gasteiger charge is 2.18. The molecule has 0 aliphatic carbocycles. The number of ether oxygens (including phenoxy) is 1. The van der Waals surface area contributed by atoms with Crippen LogP contribution in [-0.4, -0.2) is 10.0 Å². The summed E-state index contributed by atoms with van der Waals surface area (Å²) in [6.07, 6.45) is -0.959. The maximum Gasteiger partial charge on any atom is 0.311 e. The van der Waals surface area contributed by atoms with Crippen LogP contribution in [0.3, 0.4) is 0 Å². The third-order valence-corrected chi connectivity index (χ3v) is 2.95. The topological polar surface area (TPSA) is 72.6 Å². The number of aliphatic hydroxyl groups is 1. The van der Waals surface area contributed by atoms with E-state index in [0.29, 0.717) is 0 Å². The van der Waals surface area contributed by atoms with Crippen molar-refractivity contribution in [3.8, 4) is 11.5 Å². The predicted molar refractivity (Wildman–Crippen MR) is 74.9 cm³/mol. The zero-order chi connectivity index (χ0) is 15.6. The van der Waals surface area contributed by atoms with Gasteiger partial charge in [0.25, 0.3) is 0 Å². The van der Waals surface area contributed by atoms with Crippen LogP contribution in [0, 0.1) is 22.9 Å². The molecule has 0 saturated heterocycles. The lowest BCUT2D eigenvalue weighted by atomic mass is 10.1. The normalized spacial score (nSPS) is 12.0. The van der Waals surface area contributed by atoms with Crippen molar-refractivity contribution in [3.63, 3.8) is 0 Å². The fraction of sp³-hybridized carbons (Fsp3) is 0.200. The number of nitro groups is 1. The van der Waals surface area contributed by atoms with Crippen LogP contribution in [0.5, 0.6) is 11.5 Å². The minimum absolute atomic E-state index is 0.0495. The Kier molecular flexibility index (Phi) is 4.18. The largest absolute Gasteiger partial charge is 0.450 e. The van der Waals surface area contributed by atoms with Crippen LogP contribution in [0.25, 0.3) is 0 Å². The number of hydrogen-bond acceptors (Lipinski definition) is 4. The van der Waals surface area contributed by atoms with Gasteiger partial charge in [-0.05, 0) is 43.7 Å². The van der Waals surface area contributed by atoms with E-state index in [9.17, 15) is 19.6 Å². The zero-order valence-corrected chi connectivity index (χ0v) is 11.5. The first kappa shape index (κ1) is 14.9. The molecule has 2 aromatic rings. The molecule has 0 unspecified atom stereocenters. The summed E-state index contributed by atoms with van der Waals surface area (Å²) in [6.45, 7) is 3.24. The Morgan fingerprint density at radius 2 is 1.95 bits per heavy atom. The van der Waals surface area contributed by atoms with E-state index in [1.165, 1.54) is 31.2 Å². The second-order valence-corrected chi connectivity index (χ2v) is 4.69. The van der Waals surface area contributed by atoms with E-state index in [2.05, 4.69) is 0 Å². The van der Waals surface area contributed by atoms with E-state index < -0.39 is 16.8 Å². The first-order chi connectivity index (χ1) is 9.88. The fourth-order valence-electron chi connectivity index (χ4n) is 1.91. The van der Waals surface area contributed by atoms with Crippen LogP contribution in [0.1, 0.15) is 24.2 Å². The lowest BCUT2D eigenvalue weighted by molar-refractivity contribution is -0.385. The molecule has 0 amide bonds. The standard InChI is InChI=1S/C15H14FNO4/c1-9-3-5-13(17(19)20)15(7-9)21-14-6-4-11(16)8-12(14)10(2)18/h3-8,10,18H,1-2H3/t10-/m0/s1. The molecule has 2 rings (SSSR count). The maximum absolute atomic E-state index is 13.2. The summed E-state index contributed by atoms with van der Waals surface area (Å²) in [5.41, 5.74) is 0.823. The number of benzene rings is 2. The van der Waals surface area contributed by atoms with Gasteiger partial charge in [-0.25, -0.2) is 4.39 Å². The number of aryl methyl sites for hydroxylation is 1. The van der Waals surface area contributed by atoms with Crippen molar-refractivity contribution >= 4 is 5.69 Å². The number of halogens is 1. The van der Waals surface area contributed by atoms with Crippen molar-refractivity contribution in [1.82, 2.24) is 0 Å². The molecular weight excluding hydrogens is 277 g/mol. The van der Waals surface area contributed by atoms with Gasteiger partial charge in [-0.2, -0.15) is 0 Å². The molecule has 0 spiro atoms. The van der Waals surface area contributed by atoms with Crippen molar-refractivity contribution in [1.29, 1.82) is 0 Å². The lowest BCUT2D eigenvalue weighted by Gasteiger charge is -2.13. The van der Waals surface area contributed by atoms with Crippen LogP contribution in [0.15, 0.2) is 36.4 Å². The maximum atomic E-state index is 13.2. The van der Waals surface area contributed by atoms with Crippen LogP contribution >= 0.6 is 0 Å². The number of rotatable bonds is 4. The molecular formula is C15H14FNO4. The Labute approximate surface area is 120 Å². The third-order valence-electron chi connectivity index (χ3n) is 2.95. The van der Waals surface area contributed by atoms with Gasteiger partial charge in [0.05, 0.1) is 11.0 Å². The van der Waals surface area contributed by atoms with Gasteiger partial charge in [-0.3, -0.25) is 10.1 Å². The molecule has 0 bridgehead atoms. The van der Waals surface area contributed by atoms with E-state index in [-0.39, 0.29) is 22.7 Å². The van der Waals surface area contributed by atoms with Crippen LogP contribution in [0.2, 0.25) is 0 Å². The second kappa shape index (κ2) is 5.88. The fourth-order valence-corrected chi connectivity index (χ4v) is 1.91. The first-order valence-electron chi connectivity index (χ1n) is 6.29. The van der Waals surface area contributed by atoms with Gasteiger partial charge in [0, 0.05) is 11.6 Å². The summed E-state index contributed by atoms with van der Waals surface area (Å²) in [5, 5.41) is 20.7. The van der Waals surface area contributed by atoms with E-state index in [4.69, 9.17) is 4.74 Å². The number of hydrogen-bond donors (Lipinski definition) is 1. The van der Waals surface area contributed by atoms with Gasteiger partial charge >= 0.3 is 5.69 Å². The summed E-state index contributed by atoms with van der Waals surface area (Å²) >= 11 is 0. The van der Waals surface area contributed by atoms with Gasteiger partial charge in [-0.15, -0.1) is 0 Å². The second-order valence-electron chi connectivity index (χ2n) is 4.69. The average molecular weight is 291 g/mol. The minimum Gasteiger partial charge on any atom is -0.450 e. The van der Waals surface area contributed by atoms with E-state index in [1.807, 2.05) is 0 Å². The Bertz CT molecular complexity index is 685. The van der Waals surface area contributed by atoms with Gasteiger partial charge in [-0.1, -0.05) is 6.07 Å². The van der Waals surface area contributed by atoms with Gasteiger partial charge in [0.1, 0.15) is 11.6 Å². The van der Waals surface area contributed by atoms with E-state index in [1.54, 1.807) is 13.0 Å². The van der Waals surface area contributed by atoms with Crippen LogP contribution in [0.4, 0.5) is 10.1 Å². The molecule has 0 aliphatic rings. The molecule has 1 atom stereocenters. The summed E-state index contributed by atoms with van der Waals surface area (Å²) in [5.74, 6) is -0.286. The molecule has 0 aliphatic heterocycles. The van der Waals surface area contributed by atoms with Crippen molar-refractivity contribution in [2.45, 2.75) is 20.0 Å². The quantitative estimate of drug-likeness (QED) is 0.685.